The van der Waals surface area contributed by atoms with Crippen LogP contribution in [0.25, 0.3) is 0 Å². The number of pyridine rings is 1. The fraction of sp³-hybridized carbons (Fsp3) is 0. The molecule has 1 aromatic carbocycles. The zero-order chi connectivity index (χ0) is 13.1. The van der Waals surface area contributed by atoms with Gasteiger partial charge in [0.15, 0.2) is 5.78 Å². The highest BCUT2D eigenvalue weighted by Gasteiger charge is 2.15. The van der Waals surface area contributed by atoms with Gasteiger partial charge in [-0.2, -0.15) is 0 Å². The lowest BCUT2D eigenvalue weighted by molar-refractivity contribution is -0.384. The van der Waals surface area contributed by atoms with Crippen LogP contribution in [-0.2, 0) is 0 Å². The summed E-state index contributed by atoms with van der Waals surface area (Å²) in [5, 5.41) is 10.6. The quantitative estimate of drug-likeness (QED) is 0.368. The van der Waals surface area contributed by atoms with E-state index in [1.807, 2.05) is 22.6 Å². The number of hydrogen-bond donors (Lipinski definition) is 0. The molecule has 0 N–H and O–H groups in total. The number of carbonyl (C=O) groups excluding carboxylic acids is 1. The first-order chi connectivity index (χ1) is 8.59. The van der Waals surface area contributed by atoms with Crippen LogP contribution in [0.1, 0.15) is 15.9 Å². The van der Waals surface area contributed by atoms with Crippen molar-refractivity contribution in [1.29, 1.82) is 0 Å². The van der Waals surface area contributed by atoms with Gasteiger partial charge < -0.3 is 0 Å². The monoisotopic (exact) mass is 354 g/mol. The maximum Gasteiger partial charge on any atom is 0.270 e. The maximum atomic E-state index is 12.1. The number of non-ortho nitro benzene ring substituents is 1. The van der Waals surface area contributed by atoms with Crippen LogP contribution in [-0.4, -0.2) is 15.7 Å². The molecule has 1 heterocycles. The predicted octanol–water partition coefficient (Wildman–Crippen LogP) is 2.83. The molecule has 6 heteroatoms. The third kappa shape index (κ3) is 2.53. The first-order valence-electron chi connectivity index (χ1n) is 4.98. The molecule has 1 aromatic heterocycles. The summed E-state index contributed by atoms with van der Waals surface area (Å²) in [6, 6.07) is 7.41. The van der Waals surface area contributed by atoms with E-state index in [0.29, 0.717) is 14.7 Å². The standard InChI is InChI=1S/C12H7IN2O3/c13-11-7-9(15(17)18)1-2-10(11)12(16)8-3-5-14-6-4-8/h1-7H. The van der Waals surface area contributed by atoms with Crippen molar-refractivity contribution in [3.8, 4) is 0 Å². The molecule has 2 aromatic rings. The summed E-state index contributed by atoms with van der Waals surface area (Å²) in [4.78, 5) is 26.1. The second kappa shape index (κ2) is 5.21. The minimum atomic E-state index is -0.483. The molecule has 90 valence electrons. The fourth-order valence-electron chi connectivity index (χ4n) is 1.46. The van der Waals surface area contributed by atoms with Crippen molar-refractivity contribution in [2.24, 2.45) is 0 Å². The Kier molecular flexibility index (Phi) is 3.66. The van der Waals surface area contributed by atoms with Gasteiger partial charge in [-0.25, -0.2) is 0 Å². The number of carbonyl (C=O) groups is 1. The molecule has 0 unspecified atom stereocenters. The molecular formula is C12H7IN2O3. The van der Waals surface area contributed by atoms with E-state index in [4.69, 9.17) is 0 Å². The van der Waals surface area contributed by atoms with Crippen LogP contribution in [0, 0.1) is 13.7 Å². The second-order valence-electron chi connectivity index (χ2n) is 3.49. The number of nitrogens with zero attached hydrogens (tertiary/aromatic N) is 2. The average molecular weight is 354 g/mol. The van der Waals surface area contributed by atoms with Crippen molar-refractivity contribution in [3.63, 3.8) is 0 Å². The molecule has 2 rings (SSSR count). The molecule has 5 nitrogen and oxygen atoms in total. The number of rotatable bonds is 3. The normalized spacial score (nSPS) is 10.1. The minimum Gasteiger partial charge on any atom is -0.289 e. The molecule has 0 atom stereocenters. The van der Waals surface area contributed by atoms with Crippen LogP contribution < -0.4 is 0 Å². The third-order valence-electron chi connectivity index (χ3n) is 2.35. The molecule has 18 heavy (non-hydrogen) atoms. The van der Waals surface area contributed by atoms with E-state index < -0.39 is 4.92 Å². The van der Waals surface area contributed by atoms with E-state index >= 15 is 0 Å². The first kappa shape index (κ1) is 12.6. The molecule has 0 bridgehead atoms. The summed E-state index contributed by atoms with van der Waals surface area (Å²) in [6.07, 6.45) is 3.07. The molecule has 0 fully saturated rings. The number of nitro benzene ring substituents is 1. The van der Waals surface area contributed by atoms with E-state index in [1.165, 1.54) is 30.6 Å². The predicted molar refractivity (Wildman–Crippen MR) is 73.5 cm³/mol. The van der Waals surface area contributed by atoms with E-state index in [0.717, 1.165) is 0 Å². The lowest BCUT2D eigenvalue weighted by Crippen LogP contribution is -2.04. The van der Waals surface area contributed by atoms with Crippen molar-refractivity contribution in [2.75, 3.05) is 0 Å². The molecule has 0 spiro atoms. The summed E-state index contributed by atoms with van der Waals surface area (Å²) in [6.45, 7) is 0. The maximum absolute atomic E-state index is 12.1. The second-order valence-corrected chi connectivity index (χ2v) is 4.65. The van der Waals surface area contributed by atoms with Gasteiger partial charge in [0.05, 0.1) is 4.92 Å². The Morgan fingerprint density at radius 1 is 1.22 bits per heavy atom. The molecule has 0 saturated heterocycles. The summed E-state index contributed by atoms with van der Waals surface area (Å²) >= 11 is 1.92. The lowest BCUT2D eigenvalue weighted by Gasteiger charge is -2.03. The van der Waals surface area contributed by atoms with Gasteiger partial charge in [0.1, 0.15) is 0 Å². The highest BCUT2D eigenvalue weighted by molar-refractivity contribution is 14.1. The van der Waals surface area contributed by atoms with Gasteiger partial charge >= 0.3 is 0 Å². The molecule has 0 saturated carbocycles. The van der Waals surface area contributed by atoms with Crippen molar-refractivity contribution >= 4 is 34.1 Å². The van der Waals surface area contributed by atoms with Crippen molar-refractivity contribution in [1.82, 2.24) is 4.98 Å². The van der Waals surface area contributed by atoms with Gasteiger partial charge in [0.2, 0.25) is 0 Å². The molecule has 0 aliphatic rings. The van der Waals surface area contributed by atoms with Gasteiger partial charge in [0.25, 0.3) is 5.69 Å². The van der Waals surface area contributed by atoms with Crippen molar-refractivity contribution in [3.05, 3.63) is 67.5 Å². The van der Waals surface area contributed by atoms with Gasteiger partial charge in [-0.3, -0.25) is 19.9 Å². The largest absolute Gasteiger partial charge is 0.289 e. The number of nitro groups is 1. The number of halogens is 1. The van der Waals surface area contributed by atoms with Crippen molar-refractivity contribution < 1.29 is 9.72 Å². The Bertz CT molecular complexity index is 614. The SMILES string of the molecule is O=C(c1ccncc1)c1ccc([N+](=O)[O-])cc1I. The summed E-state index contributed by atoms with van der Waals surface area (Å²) in [5.41, 5.74) is 0.940. The van der Waals surface area contributed by atoms with Crippen LogP contribution in [0.2, 0.25) is 0 Å². The Balaban J connectivity index is 2.41. The fourth-order valence-corrected chi connectivity index (χ4v) is 2.20. The Hall–Kier alpha value is -1.83. The molecule has 0 amide bonds. The first-order valence-corrected chi connectivity index (χ1v) is 6.06. The van der Waals surface area contributed by atoms with Gasteiger partial charge in [-0.05, 0) is 40.8 Å². The van der Waals surface area contributed by atoms with Crippen LogP contribution in [0.5, 0.6) is 0 Å². The van der Waals surface area contributed by atoms with Gasteiger partial charge in [-0.1, -0.05) is 0 Å². The summed E-state index contributed by atoms with van der Waals surface area (Å²) in [7, 11) is 0. The summed E-state index contributed by atoms with van der Waals surface area (Å²) in [5.74, 6) is -0.170. The zero-order valence-corrected chi connectivity index (χ0v) is 11.2. The average Bonchev–Trinajstić information content (AvgIpc) is 2.38. The Morgan fingerprint density at radius 2 is 1.89 bits per heavy atom. The molecule has 0 radical (unpaired) electrons. The number of benzene rings is 1. The molecule has 0 aliphatic carbocycles. The number of aromatic nitrogens is 1. The van der Waals surface area contributed by atoms with E-state index in [1.54, 1.807) is 12.1 Å². The van der Waals surface area contributed by atoms with Crippen molar-refractivity contribution in [2.45, 2.75) is 0 Å². The van der Waals surface area contributed by atoms with E-state index in [-0.39, 0.29) is 11.5 Å². The molecule has 0 aliphatic heterocycles. The van der Waals surface area contributed by atoms with Gasteiger partial charge in [-0.15, -0.1) is 0 Å². The Morgan fingerprint density at radius 3 is 2.44 bits per heavy atom. The van der Waals surface area contributed by atoms with Crippen LogP contribution in [0.4, 0.5) is 5.69 Å². The lowest BCUT2D eigenvalue weighted by atomic mass is 10.0. The van der Waals surface area contributed by atoms with E-state index in [2.05, 4.69) is 4.98 Å². The number of ketones is 1. The molecular weight excluding hydrogens is 347 g/mol. The summed E-state index contributed by atoms with van der Waals surface area (Å²) < 4.78 is 0.559. The Labute approximate surface area is 116 Å². The topological polar surface area (TPSA) is 73.1 Å². The van der Waals surface area contributed by atoms with Crippen LogP contribution in [0.15, 0.2) is 42.7 Å². The van der Waals surface area contributed by atoms with E-state index in [9.17, 15) is 14.9 Å². The zero-order valence-electron chi connectivity index (χ0n) is 9.04. The highest BCUT2D eigenvalue weighted by atomic mass is 127. The van der Waals surface area contributed by atoms with Gasteiger partial charge in [0, 0.05) is 39.2 Å². The van der Waals surface area contributed by atoms with Crippen LogP contribution in [0.3, 0.4) is 0 Å². The smallest absolute Gasteiger partial charge is 0.270 e. The van der Waals surface area contributed by atoms with Crippen LogP contribution >= 0.6 is 22.6 Å². The highest BCUT2D eigenvalue weighted by Crippen LogP contribution is 2.21. The third-order valence-corrected chi connectivity index (χ3v) is 3.24. The number of hydrogen-bond acceptors (Lipinski definition) is 4. The minimum absolute atomic E-state index is 0.0225.